The highest BCUT2D eigenvalue weighted by atomic mass is 32.1. The van der Waals surface area contributed by atoms with Gasteiger partial charge < -0.3 is 5.32 Å². The zero-order valence-corrected chi connectivity index (χ0v) is 16.3. The van der Waals surface area contributed by atoms with Crippen LogP contribution in [0.4, 0.5) is 4.79 Å². The van der Waals surface area contributed by atoms with Crippen LogP contribution in [-0.4, -0.2) is 20.9 Å². The van der Waals surface area contributed by atoms with Crippen LogP contribution >= 0.6 is 12.2 Å². The van der Waals surface area contributed by atoms with Gasteiger partial charge in [-0.15, -0.1) is 0 Å². The van der Waals surface area contributed by atoms with Crippen LogP contribution in [-0.2, 0) is 6.54 Å². The molecule has 1 aliphatic rings. The van der Waals surface area contributed by atoms with E-state index in [1.165, 1.54) is 0 Å². The number of nitrogens with zero attached hydrogens (tertiary/aromatic N) is 2. The number of benzene rings is 3. The third kappa shape index (κ3) is 3.15. The van der Waals surface area contributed by atoms with Gasteiger partial charge in [-0.25, -0.2) is 9.78 Å². The number of urea groups is 1. The second-order valence-corrected chi connectivity index (χ2v) is 7.31. The highest BCUT2D eigenvalue weighted by molar-refractivity contribution is 7.80. The second-order valence-electron chi connectivity index (χ2n) is 6.92. The molecule has 0 unspecified atom stereocenters. The summed E-state index contributed by atoms with van der Waals surface area (Å²) in [5, 5.41) is 4.99. The molecule has 0 aliphatic carbocycles. The van der Waals surface area contributed by atoms with Crippen LogP contribution in [0.25, 0.3) is 27.9 Å². The maximum atomic E-state index is 12.6. The van der Waals surface area contributed by atoms with Crippen molar-refractivity contribution in [3.63, 3.8) is 0 Å². The Hall–Kier alpha value is -3.57. The number of carbonyl (C=O) groups is 1. The Bertz CT molecular complexity index is 1240. The van der Waals surface area contributed by atoms with Crippen LogP contribution in [0.5, 0.6) is 0 Å². The highest BCUT2D eigenvalue weighted by Crippen LogP contribution is 2.29. The molecular formula is C24H17N3OS. The summed E-state index contributed by atoms with van der Waals surface area (Å²) in [6, 6.07) is 25.7. The summed E-state index contributed by atoms with van der Waals surface area (Å²) in [6.45, 7) is 0.445. The summed E-state index contributed by atoms with van der Waals surface area (Å²) in [7, 11) is 0. The number of hydrogen-bond donors (Lipinski definition) is 1. The summed E-state index contributed by atoms with van der Waals surface area (Å²) < 4.78 is 0. The molecule has 0 atom stereocenters. The number of para-hydroxylation sites is 2. The van der Waals surface area contributed by atoms with Crippen molar-refractivity contribution in [3.05, 3.63) is 95.7 Å². The van der Waals surface area contributed by atoms with E-state index in [1.807, 2.05) is 84.9 Å². The number of hydrogen-bond acceptors (Lipinski definition) is 3. The van der Waals surface area contributed by atoms with Crippen molar-refractivity contribution in [3.8, 4) is 0 Å². The van der Waals surface area contributed by atoms with Crippen molar-refractivity contribution in [1.29, 1.82) is 0 Å². The lowest BCUT2D eigenvalue weighted by Crippen LogP contribution is -2.29. The van der Waals surface area contributed by atoms with E-state index in [1.54, 1.807) is 4.90 Å². The predicted octanol–water partition coefficient (Wildman–Crippen LogP) is 5.28. The molecule has 2 amide bonds. The van der Waals surface area contributed by atoms with E-state index in [0.717, 1.165) is 32.9 Å². The fourth-order valence-electron chi connectivity index (χ4n) is 3.65. The molecular weight excluding hydrogens is 378 g/mol. The molecule has 0 spiro atoms. The molecule has 5 heteroatoms. The molecule has 1 saturated heterocycles. The van der Waals surface area contributed by atoms with E-state index in [4.69, 9.17) is 17.2 Å². The fourth-order valence-corrected chi connectivity index (χ4v) is 3.91. The SMILES string of the molecule is O=C1N/C(=C/c2c3ccccc3nc3ccccc23)C(=S)N1Cc1ccccc1. The minimum atomic E-state index is -0.201. The first-order valence-electron chi connectivity index (χ1n) is 9.37. The zero-order chi connectivity index (χ0) is 19.8. The van der Waals surface area contributed by atoms with Gasteiger partial charge in [-0.3, -0.25) is 4.90 Å². The number of rotatable bonds is 3. The third-order valence-corrected chi connectivity index (χ3v) is 5.50. The van der Waals surface area contributed by atoms with E-state index in [9.17, 15) is 4.79 Å². The van der Waals surface area contributed by atoms with Gasteiger partial charge in [0.2, 0.25) is 0 Å². The maximum absolute atomic E-state index is 12.6. The molecule has 3 aromatic carbocycles. The molecule has 0 saturated carbocycles. The van der Waals surface area contributed by atoms with Crippen molar-refractivity contribution in [2.24, 2.45) is 0 Å². The van der Waals surface area contributed by atoms with Crippen molar-refractivity contribution < 1.29 is 4.79 Å². The number of nitrogens with one attached hydrogen (secondary N) is 1. The molecule has 5 rings (SSSR count). The maximum Gasteiger partial charge on any atom is 0.327 e. The highest BCUT2D eigenvalue weighted by Gasteiger charge is 2.30. The van der Waals surface area contributed by atoms with Gasteiger partial charge in [0, 0.05) is 10.8 Å². The van der Waals surface area contributed by atoms with Gasteiger partial charge in [-0.05, 0) is 29.3 Å². The van der Waals surface area contributed by atoms with Gasteiger partial charge in [-0.2, -0.15) is 0 Å². The Balaban J connectivity index is 1.61. The van der Waals surface area contributed by atoms with Crippen LogP contribution in [0.2, 0.25) is 0 Å². The van der Waals surface area contributed by atoms with E-state index in [2.05, 4.69) is 5.32 Å². The van der Waals surface area contributed by atoms with Gasteiger partial charge >= 0.3 is 6.03 Å². The number of carbonyl (C=O) groups excluding carboxylic acids is 1. The molecule has 4 aromatic rings. The fraction of sp³-hybridized carbons (Fsp3) is 0.0417. The van der Waals surface area contributed by atoms with Crippen LogP contribution in [0.1, 0.15) is 11.1 Å². The van der Waals surface area contributed by atoms with E-state index < -0.39 is 0 Å². The lowest BCUT2D eigenvalue weighted by atomic mass is 10.0. The van der Waals surface area contributed by atoms with Crippen LogP contribution < -0.4 is 5.32 Å². The standard InChI is InChI=1S/C24H17N3OS/c28-24-26-22(23(29)27(24)15-16-8-2-1-3-9-16)14-19-17-10-4-6-12-20(17)25-21-13-7-5-11-18(19)21/h1-14H,15H2,(H,26,28)/b22-14+. The Morgan fingerprint density at radius 2 is 1.45 bits per heavy atom. The molecule has 140 valence electrons. The smallest absolute Gasteiger partial charge is 0.305 e. The number of aromatic nitrogens is 1. The van der Waals surface area contributed by atoms with Crippen molar-refractivity contribution in [2.45, 2.75) is 6.54 Å². The quantitative estimate of drug-likeness (QED) is 0.292. The average Bonchev–Trinajstić information content (AvgIpc) is 3.02. The van der Waals surface area contributed by atoms with Crippen LogP contribution in [0.15, 0.2) is 84.6 Å². The molecule has 1 aliphatic heterocycles. The number of fused-ring (bicyclic) bond motifs is 2. The monoisotopic (exact) mass is 395 g/mol. The van der Waals surface area contributed by atoms with Gasteiger partial charge in [0.25, 0.3) is 0 Å². The molecule has 1 N–H and O–H groups in total. The van der Waals surface area contributed by atoms with Crippen molar-refractivity contribution in [2.75, 3.05) is 0 Å². The predicted molar refractivity (Wildman–Crippen MR) is 120 cm³/mol. The zero-order valence-electron chi connectivity index (χ0n) is 15.5. The summed E-state index contributed by atoms with van der Waals surface area (Å²) in [4.78, 5) is 19.5. The lowest BCUT2D eigenvalue weighted by Gasteiger charge is -2.14. The molecule has 0 radical (unpaired) electrons. The van der Waals surface area contributed by atoms with Crippen molar-refractivity contribution >= 4 is 51.1 Å². The topological polar surface area (TPSA) is 45.2 Å². The van der Waals surface area contributed by atoms with E-state index in [0.29, 0.717) is 17.2 Å². The Labute approximate surface area is 173 Å². The third-order valence-electron chi connectivity index (χ3n) is 5.06. The average molecular weight is 395 g/mol. The number of pyridine rings is 1. The summed E-state index contributed by atoms with van der Waals surface area (Å²) in [5.74, 6) is 0. The van der Waals surface area contributed by atoms with Gasteiger partial charge in [0.05, 0.1) is 23.3 Å². The van der Waals surface area contributed by atoms with Crippen molar-refractivity contribution in [1.82, 2.24) is 15.2 Å². The molecule has 2 heterocycles. The first-order valence-corrected chi connectivity index (χ1v) is 9.77. The first-order chi connectivity index (χ1) is 14.2. The largest absolute Gasteiger partial charge is 0.327 e. The second kappa shape index (κ2) is 7.11. The van der Waals surface area contributed by atoms with E-state index >= 15 is 0 Å². The molecule has 4 nitrogen and oxygen atoms in total. The Morgan fingerprint density at radius 1 is 0.862 bits per heavy atom. The molecule has 1 aromatic heterocycles. The Morgan fingerprint density at radius 3 is 2.10 bits per heavy atom. The van der Waals surface area contributed by atoms with Gasteiger partial charge in [-0.1, -0.05) is 78.9 Å². The Kier molecular flexibility index (Phi) is 4.30. The number of thiocarbonyl (C=S) groups is 1. The minimum Gasteiger partial charge on any atom is -0.305 e. The molecule has 0 bridgehead atoms. The van der Waals surface area contributed by atoms with Gasteiger partial charge in [0.15, 0.2) is 0 Å². The molecule has 29 heavy (non-hydrogen) atoms. The van der Waals surface area contributed by atoms with Crippen LogP contribution in [0, 0.1) is 0 Å². The summed E-state index contributed by atoms with van der Waals surface area (Å²) >= 11 is 5.64. The van der Waals surface area contributed by atoms with E-state index in [-0.39, 0.29) is 6.03 Å². The minimum absolute atomic E-state index is 0.201. The van der Waals surface area contributed by atoms with Crippen LogP contribution in [0.3, 0.4) is 0 Å². The van der Waals surface area contributed by atoms with Gasteiger partial charge in [0.1, 0.15) is 4.99 Å². The summed E-state index contributed by atoms with van der Waals surface area (Å²) in [5.41, 5.74) is 4.50. The lowest BCUT2D eigenvalue weighted by molar-refractivity contribution is 0.228. The normalized spacial score (nSPS) is 15.4. The molecule has 1 fully saturated rings. The summed E-state index contributed by atoms with van der Waals surface area (Å²) in [6.07, 6.45) is 1.97. The number of amides is 2. The first kappa shape index (κ1) is 17.5.